The van der Waals surface area contributed by atoms with Gasteiger partial charge in [-0.05, 0) is 105 Å². The molecule has 1 aromatic carbocycles. The molecule has 0 saturated carbocycles. The summed E-state index contributed by atoms with van der Waals surface area (Å²) >= 11 is 6.73. The predicted octanol–water partition coefficient (Wildman–Crippen LogP) is 3.89. The Hall–Kier alpha value is 0.0900. The number of nitrogens with one attached hydrogen (secondary N) is 2. The van der Waals surface area contributed by atoms with Crippen LogP contribution in [0.4, 0.5) is 0 Å². The summed E-state index contributed by atoms with van der Waals surface area (Å²) in [4.78, 5) is 12.3. The molecule has 0 spiro atoms. The molecule has 0 aliphatic carbocycles. The molecule has 4 nitrogen and oxygen atoms in total. The van der Waals surface area contributed by atoms with Crippen molar-refractivity contribution in [2.24, 2.45) is 0 Å². The number of H-pyrrole nitrogens is 1. The summed E-state index contributed by atoms with van der Waals surface area (Å²) in [5.41, 5.74) is 3.07. The summed E-state index contributed by atoms with van der Waals surface area (Å²) in [6, 6.07) is 4.00. The van der Waals surface area contributed by atoms with Crippen LogP contribution in [0.25, 0.3) is 0 Å². The zero-order chi connectivity index (χ0) is 15.4. The quantitative estimate of drug-likeness (QED) is 0.303. The standard InChI is InChI=1S/C14H14I3N3O/c1-8-9(7-19-20-8)3-2-4-18-14(21)11-5-10(15)6-12(16)13(11)17/h5-7H,2-4H2,1H3,(H,18,21)(H,19,20). The molecule has 1 heterocycles. The van der Waals surface area contributed by atoms with Gasteiger partial charge in [-0.25, -0.2) is 0 Å². The van der Waals surface area contributed by atoms with Crippen LogP contribution in [0.2, 0.25) is 0 Å². The Labute approximate surface area is 164 Å². The molecule has 2 aromatic rings. The number of carbonyl (C=O) groups is 1. The fraction of sp³-hybridized carbons (Fsp3) is 0.286. The number of amides is 1. The van der Waals surface area contributed by atoms with Gasteiger partial charge in [-0.2, -0.15) is 5.10 Å². The average Bonchev–Trinajstić information content (AvgIpc) is 2.84. The Morgan fingerprint density at radius 2 is 2.10 bits per heavy atom. The van der Waals surface area contributed by atoms with Crippen molar-refractivity contribution < 1.29 is 4.79 Å². The van der Waals surface area contributed by atoms with Gasteiger partial charge in [-0.15, -0.1) is 0 Å². The molecule has 0 saturated heterocycles. The molecule has 0 atom stereocenters. The van der Waals surface area contributed by atoms with Crippen LogP contribution in [-0.2, 0) is 6.42 Å². The van der Waals surface area contributed by atoms with E-state index in [1.54, 1.807) is 0 Å². The van der Waals surface area contributed by atoms with Crippen molar-refractivity contribution in [3.63, 3.8) is 0 Å². The molecule has 0 aliphatic heterocycles. The molecule has 1 amide bonds. The van der Waals surface area contributed by atoms with Crippen molar-refractivity contribution in [2.75, 3.05) is 6.54 Å². The lowest BCUT2D eigenvalue weighted by molar-refractivity contribution is 0.0952. The van der Waals surface area contributed by atoms with Gasteiger partial charge in [0.2, 0.25) is 0 Å². The molecule has 1 aromatic heterocycles. The average molecular weight is 621 g/mol. The van der Waals surface area contributed by atoms with Gasteiger partial charge in [0.25, 0.3) is 5.91 Å². The second-order valence-electron chi connectivity index (χ2n) is 4.63. The highest BCUT2D eigenvalue weighted by Crippen LogP contribution is 2.22. The number of hydrogen-bond donors (Lipinski definition) is 2. The maximum atomic E-state index is 12.3. The maximum Gasteiger partial charge on any atom is 0.252 e. The van der Waals surface area contributed by atoms with E-state index in [0.717, 1.165) is 34.8 Å². The van der Waals surface area contributed by atoms with Crippen LogP contribution < -0.4 is 5.32 Å². The number of halogens is 3. The summed E-state index contributed by atoms with van der Waals surface area (Å²) in [7, 11) is 0. The third-order valence-corrected chi connectivity index (χ3v) is 6.75. The van der Waals surface area contributed by atoms with E-state index in [2.05, 4.69) is 89.4 Å². The largest absolute Gasteiger partial charge is 0.352 e. The molecule has 7 heteroatoms. The van der Waals surface area contributed by atoms with Crippen LogP contribution in [0.5, 0.6) is 0 Å². The molecule has 112 valence electrons. The van der Waals surface area contributed by atoms with Crippen molar-refractivity contribution in [2.45, 2.75) is 19.8 Å². The highest BCUT2D eigenvalue weighted by atomic mass is 127. The minimum Gasteiger partial charge on any atom is -0.352 e. The number of aryl methyl sites for hydroxylation is 2. The van der Waals surface area contributed by atoms with E-state index in [9.17, 15) is 4.79 Å². The number of rotatable bonds is 5. The second-order valence-corrected chi connectivity index (χ2v) is 8.12. The Balaban J connectivity index is 1.89. The van der Waals surface area contributed by atoms with Crippen LogP contribution in [0.15, 0.2) is 18.3 Å². The SMILES string of the molecule is Cc1[nH]ncc1CCCNC(=O)c1cc(I)cc(I)c1I. The first-order valence-electron chi connectivity index (χ1n) is 6.40. The Bertz CT molecular complexity index is 655. The molecule has 2 N–H and O–H groups in total. The molecule has 2 rings (SSSR count). The first kappa shape index (κ1) is 17.4. The van der Waals surface area contributed by atoms with E-state index >= 15 is 0 Å². The fourth-order valence-corrected chi connectivity index (χ4v) is 4.33. The minimum absolute atomic E-state index is 0.000234. The Morgan fingerprint density at radius 1 is 1.33 bits per heavy atom. The highest BCUT2D eigenvalue weighted by Gasteiger charge is 2.13. The lowest BCUT2D eigenvalue weighted by Crippen LogP contribution is -2.26. The van der Waals surface area contributed by atoms with Gasteiger partial charge in [0.15, 0.2) is 0 Å². The first-order valence-corrected chi connectivity index (χ1v) is 9.64. The van der Waals surface area contributed by atoms with Crippen LogP contribution in [0.3, 0.4) is 0 Å². The van der Waals surface area contributed by atoms with Gasteiger partial charge < -0.3 is 5.32 Å². The molecule has 0 unspecified atom stereocenters. The van der Waals surface area contributed by atoms with Gasteiger partial charge in [-0.1, -0.05) is 0 Å². The lowest BCUT2D eigenvalue weighted by atomic mass is 10.1. The molecule has 0 fully saturated rings. The fourth-order valence-electron chi connectivity index (χ4n) is 1.92. The third kappa shape index (κ3) is 4.78. The zero-order valence-corrected chi connectivity index (χ0v) is 17.8. The van der Waals surface area contributed by atoms with Crippen molar-refractivity contribution in [3.8, 4) is 0 Å². The van der Waals surface area contributed by atoms with Crippen LogP contribution in [0.1, 0.15) is 28.0 Å². The predicted molar refractivity (Wildman–Crippen MR) is 109 cm³/mol. The smallest absolute Gasteiger partial charge is 0.252 e. The molecular weight excluding hydrogens is 607 g/mol. The molecule has 0 aliphatic rings. The number of nitrogens with zero attached hydrogens (tertiary/aromatic N) is 1. The number of hydrogen-bond acceptors (Lipinski definition) is 2. The summed E-state index contributed by atoms with van der Waals surface area (Å²) in [5, 5.41) is 9.92. The number of benzene rings is 1. The summed E-state index contributed by atoms with van der Waals surface area (Å²) < 4.78 is 3.20. The minimum atomic E-state index is -0.000234. The van der Waals surface area contributed by atoms with Gasteiger partial charge in [0.1, 0.15) is 0 Å². The molecular formula is C14H14I3N3O. The maximum absolute atomic E-state index is 12.3. The van der Waals surface area contributed by atoms with Crippen LogP contribution in [0, 0.1) is 17.6 Å². The third-order valence-electron chi connectivity index (χ3n) is 3.08. The van der Waals surface area contributed by atoms with E-state index in [4.69, 9.17) is 0 Å². The van der Waals surface area contributed by atoms with E-state index in [0.29, 0.717) is 6.54 Å². The molecule has 0 radical (unpaired) electrons. The number of carbonyl (C=O) groups excluding carboxylic acids is 1. The van der Waals surface area contributed by atoms with Crippen molar-refractivity contribution in [3.05, 3.63) is 45.9 Å². The molecule has 21 heavy (non-hydrogen) atoms. The van der Waals surface area contributed by atoms with E-state index in [-0.39, 0.29) is 5.91 Å². The van der Waals surface area contributed by atoms with Crippen molar-refractivity contribution in [1.82, 2.24) is 15.5 Å². The Morgan fingerprint density at radius 3 is 2.76 bits per heavy atom. The number of aromatic amines is 1. The Kier molecular flexibility index (Phi) is 6.72. The highest BCUT2D eigenvalue weighted by molar-refractivity contribution is 14.1. The summed E-state index contributed by atoms with van der Waals surface area (Å²) in [5.74, 6) is -0.000234. The van der Waals surface area contributed by atoms with Crippen molar-refractivity contribution in [1.29, 1.82) is 0 Å². The first-order chi connectivity index (χ1) is 9.99. The van der Waals surface area contributed by atoms with Gasteiger partial charge in [0.05, 0.1) is 11.8 Å². The van der Waals surface area contributed by atoms with Gasteiger partial charge >= 0.3 is 0 Å². The van der Waals surface area contributed by atoms with Crippen LogP contribution in [-0.4, -0.2) is 22.6 Å². The second kappa shape index (κ2) is 8.09. The number of aromatic nitrogens is 2. The zero-order valence-electron chi connectivity index (χ0n) is 11.3. The van der Waals surface area contributed by atoms with E-state index < -0.39 is 0 Å². The van der Waals surface area contributed by atoms with E-state index in [1.165, 1.54) is 5.56 Å². The normalized spacial score (nSPS) is 10.7. The topological polar surface area (TPSA) is 57.8 Å². The van der Waals surface area contributed by atoms with E-state index in [1.807, 2.05) is 19.2 Å². The van der Waals surface area contributed by atoms with Gasteiger partial charge in [0, 0.05) is 22.9 Å². The van der Waals surface area contributed by atoms with Crippen LogP contribution >= 0.6 is 67.8 Å². The summed E-state index contributed by atoms with van der Waals surface area (Å²) in [6.45, 7) is 2.68. The van der Waals surface area contributed by atoms with Crippen molar-refractivity contribution >= 4 is 73.7 Å². The molecule has 0 bridgehead atoms. The lowest BCUT2D eigenvalue weighted by Gasteiger charge is -2.09. The van der Waals surface area contributed by atoms with Gasteiger partial charge in [-0.3, -0.25) is 9.89 Å². The monoisotopic (exact) mass is 621 g/mol. The summed E-state index contributed by atoms with van der Waals surface area (Å²) in [6.07, 6.45) is 3.68.